The van der Waals surface area contributed by atoms with E-state index in [4.69, 9.17) is 0 Å². The van der Waals surface area contributed by atoms with Gasteiger partial charge in [0.1, 0.15) is 0 Å². The van der Waals surface area contributed by atoms with E-state index in [2.05, 4.69) is 5.32 Å². The molecule has 0 unspecified atom stereocenters. The van der Waals surface area contributed by atoms with Gasteiger partial charge in [0.15, 0.2) is 0 Å². The van der Waals surface area contributed by atoms with Gasteiger partial charge in [0.25, 0.3) is 0 Å². The van der Waals surface area contributed by atoms with Gasteiger partial charge in [-0.25, -0.2) is 8.42 Å². The molecule has 2 heterocycles. The number of rotatable bonds is 7. The van der Waals surface area contributed by atoms with E-state index in [1.165, 1.54) is 4.31 Å². The Morgan fingerprint density at radius 3 is 2.73 bits per heavy atom. The van der Waals surface area contributed by atoms with Crippen molar-refractivity contribution in [2.75, 3.05) is 45.0 Å². The number of hydrogen-bond acceptors (Lipinski definition) is 5. The monoisotopic (exact) mass is 345 g/mol. The van der Waals surface area contributed by atoms with Gasteiger partial charge >= 0.3 is 0 Å². The Kier molecular flexibility index (Phi) is 6.37. The maximum absolute atomic E-state index is 12.3. The van der Waals surface area contributed by atoms with Gasteiger partial charge in [-0.3, -0.25) is 4.79 Å². The van der Waals surface area contributed by atoms with Crippen LogP contribution in [0.1, 0.15) is 11.8 Å². The molecular formula is C14H23N3O3S2. The van der Waals surface area contributed by atoms with E-state index in [0.29, 0.717) is 39.1 Å². The van der Waals surface area contributed by atoms with Crippen molar-refractivity contribution in [2.45, 2.75) is 13.3 Å². The first-order valence-electron chi connectivity index (χ1n) is 7.51. The van der Waals surface area contributed by atoms with Crippen LogP contribution in [0.2, 0.25) is 0 Å². The molecule has 1 N–H and O–H groups in total. The van der Waals surface area contributed by atoms with Crippen molar-refractivity contribution < 1.29 is 13.2 Å². The smallest absolute Gasteiger partial charge is 0.227 e. The van der Waals surface area contributed by atoms with Crippen LogP contribution in [0.15, 0.2) is 17.5 Å². The van der Waals surface area contributed by atoms with Gasteiger partial charge in [0.2, 0.25) is 15.9 Å². The summed E-state index contributed by atoms with van der Waals surface area (Å²) in [6, 6.07) is 3.84. The number of amides is 1. The highest BCUT2D eigenvalue weighted by Crippen LogP contribution is 2.11. The molecule has 22 heavy (non-hydrogen) atoms. The topological polar surface area (TPSA) is 69.7 Å². The molecule has 0 spiro atoms. The molecule has 1 aliphatic rings. The molecule has 0 radical (unpaired) electrons. The van der Waals surface area contributed by atoms with E-state index < -0.39 is 10.0 Å². The third-order valence-corrected chi connectivity index (χ3v) is 6.46. The minimum absolute atomic E-state index is 0.00296. The lowest BCUT2D eigenvalue weighted by molar-refractivity contribution is -0.129. The number of likely N-dealkylation sites (N-methyl/N-ethyl adjacent to an activating group) is 1. The predicted molar refractivity (Wildman–Crippen MR) is 88.5 cm³/mol. The Labute approximate surface area is 136 Å². The summed E-state index contributed by atoms with van der Waals surface area (Å²) >= 11 is 1.54. The fraction of sp³-hybridized carbons (Fsp3) is 0.643. The van der Waals surface area contributed by atoms with Crippen molar-refractivity contribution >= 4 is 27.3 Å². The Hall–Kier alpha value is -0.960. The van der Waals surface area contributed by atoms with Gasteiger partial charge < -0.3 is 10.2 Å². The Morgan fingerprint density at radius 2 is 2.14 bits per heavy atom. The molecule has 0 aromatic carbocycles. The van der Waals surface area contributed by atoms with Crippen molar-refractivity contribution in [3.8, 4) is 0 Å². The van der Waals surface area contributed by atoms with Gasteiger partial charge in [-0.1, -0.05) is 6.07 Å². The molecule has 0 saturated carbocycles. The van der Waals surface area contributed by atoms with Gasteiger partial charge in [0, 0.05) is 44.1 Å². The van der Waals surface area contributed by atoms with Crippen LogP contribution in [0.4, 0.5) is 0 Å². The van der Waals surface area contributed by atoms with Crippen molar-refractivity contribution in [1.29, 1.82) is 0 Å². The second-order valence-electron chi connectivity index (χ2n) is 5.19. The maximum atomic E-state index is 12.3. The molecule has 0 atom stereocenters. The maximum Gasteiger partial charge on any atom is 0.227 e. The Bertz CT molecular complexity index is 566. The standard InChI is InChI=1S/C14H23N3O3S2/c1-2-16(14(18)12-13-4-3-10-21-13)9-11-22(19,20)17-7-5-15-6-8-17/h3-4,10,15H,2,5-9,11-12H2,1H3. The first-order valence-corrected chi connectivity index (χ1v) is 10.0. The summed E-state index contributed by atoms with van der Waals surface area (Å²) in [6.45, 7) is 5.06. The van der Waals surface area contributed by atoms with Crippen LogP contribution in [0.3, 0.4) is 0 Å². The molecule has 2 rings (SSSR count). The van der Waals surface area contributed by atoms with E-state index in [0.717, 1.165) is 4.88 Å². The minimum atomic E-state index is -3.28. The molecule has 1 aliphatic heterocycles. The summed E-state index contributed by atoms with van der Waals surface area (Å²) in [5.74, 6) is -0.0164. The first-order chi connectivity index (χ1) is 10.5. The van der Waals surface area contributed by atoms with Crippen LogP contribution in [0.25, 0.3) is 0 Å². The van der Waals surface area contributed by atoms with Crippen LogP contribution in [-0.4, -0.2) is 68.6 Å². The largest absolute Gasteiger partial charge is 0.342 e. The molecule has 0 aliphatic carbocycles. The van der Waals surface area contributed by atoms with E-state index in [1.807, 2.05) is 24.4 Å². The first kappa shape index (κ1) is 17.4. The molecule has 8 heteroatoms. The fourth-order valence-corrected chi connectivity index (χ4v) is 4.55. The number of nitrogens with one attached hydrogen (secondary N) is 1. The second-order valence-corrected chi connectivity index (χ2v) is 8.32. The van der Waals surface area contributed by atoms with Crippen molar-refractivity contribution in [3.63, 3.8) is 0 Å². The highest BCUT2D eigenvalue weighted by atomic mass is 32.2. The lowest BCUT2D eigenvalue weighted by Crippen LogP contribution is -2.48. The Balaban J connectivity index is 1.88. The van der Waals surface area contributed by atoms with Crippen molar-refractivity contribution in [3.05, 3.63) is 22.4 Å². The van der Waals surface area contributed by atoms with Crippen LogP contribution in [0.5, 0.6) is 0 Å². The minimum Gasteiger partial charge on any atom is -0.342 e. The summed E-state index contributed by atoms with van der Waals surface area (Å²) in [7, 11) is -3.28. The SMILES string of the molecule is CCN(CCS(=O)(=O)N1CCNCC1)C(=O)Cc1cccs1. The zero-order valence-electron chi connectivity index (χ0n) is 12.8. The van der Waals surface area contributed by atoms with Crippen molar-refractivity contribution in [2.24, 2.45) is 0 Å². The zero-order chi connectivity index (χ0) is 16.0. The van der Waals surface area contributed by atoms with Crippen LogP contribution < -0.4 is 5.32 Å². The predicted octanol–water partition coefficient (Wildman–Crippen LogP) is 0.374. The van der Waals surface area contributed by atoms with E-state index in [9.17, 15) is 13.2 Å². The third-order valence-electron chi connectivity index (χ3n) is 3.73. The molecular weight excluding hydrogens is 322 g/mol. The summed E-state index contributed by atoms with van der Waals surface area (Å²) in [5.41, 5.74) is 0. The zero-order valence-corrected chi connectivity index (χ0v) is 14.5. The molecule has 124 valence electrons. The van der Waals surface area contributed by atoms with Crippen LogP contribution >= 0.6 is 11.3 Å². The molecule has 1 aromatic heterocycles. The lowest BCUT2D eigenvalue weighted by atomic mass is 10.3. The molecule has 1 fully saturated rings. The highest BCUT2D eigenvalue weighted by molar-refractivity contribution is 7.89. The number of nitrogens with zero attached hydrogens (tertiary/aromatic N) is 2. The molecule has 6 nitrogen and oxygen atoms in total. The average Bonchev–Trinajstić information content (AvgIpc) is 3.01. The summed E-state index contributed by atoms with van der Waals surface area (Å²) in [4.78, 5) is 14.9. The summed E-state index contributed by atoms with van der Waals surface area (Å²) in [5, 5.41) is 5.07. The second kappa shape index (κ2) is 8.05. The number of piperazine rings is 1. The van der Waals surface area contributed by atoms with Gasteiger partial charge in [-0.15, -0.1) is 11.3 Å². The van der Waals surface area contributed by atoms with Crippen LogP contribution in [0, 0.1) is 0 Å². The number of hydrogen-bond donors (Lipinski definition) is 1. The summed E-state index contributed by atoms with van der Waals surface area (Å²) < 4.78 is 26.1. The fourth-order valence-electron chi connectivity index (χ4n) is 2.41. The highest BCUT2D eigenvalue weighted by Gasteiger charge is 2.25. The number of carbonyl (C=O) groups excluding carboxylic acids is 1. The lowest BCUT2D eigenvalue weighted by Gasteiger charge is -2.28. The number of carbonyl (C=O) groups is 1. The van der Waals surface area contributed by atoms with Crippen molar-refractivity contribution in [1.82, 2.24) is 14.5 Å². The molecule has 0 bridgehead atoms. The van der Waals surface area contributed by atoms with E-state index >= 15 is 0 Å². The van der Waals surface area contributed by atoms with Gasteiger partial charge in [-0.2, -0.15) is 4.31 Å². The molecule has 1 saturated heterocycles. The number of sulfonamides is 1. The third kappa shape index (κ3) is 4.77. The van der Waals surface area contributed by atoms with E-state index in [-0.39, 0.29) is 18.2 Å². The van der Waals surface area contributed by atoms with Gasteiger partial charge in [0.05, 0.1) is 12.2 Å². The summed E-state index contributed by atoms with van der Waals surface area (Å²) in [6.07, 6.45) is 0.346. The quantitative estimate of drug-likeness (QED) is 0.775. The van der Waals surface area contributed by atoms with Gasteiger partial charge in [-0.05, 0) is 18.4 Å². The van der Waals surface area contributed by atoms with E-state index in [1.54, 1.807) is 16.2 Å². The molecule has 1 aromatic rings. The van der Waals surface area contributed by atoms with Crippen LogP contribution in [-0.2, 0) is 21.2 Å². The number of thiophene rings is 1. The average molecular weight is 345 g/mol. The normalized spacial score (nSPS) is 16.6. The Morgan fingerprint density at radius 1 is 1.41 bits per heavy atom. The molecule has 1 amide bonds.